The minimum atomic E-state index is 0.575. The SMILES string of the molecule is Clc1ccncc1NCC1CCCN1. The molecule has 0 bridgehead atoms. The Balaban J connectivity index is 1.88. The third kappa shape index (κ3) is 2.36. The third-order valence-electron chi connectivity index (χ3n) is 2.47. The maximum absolute atomic E-state index is 5.99. The summed E-state index contributed by atoms with van der Waals surface area (Å²) in [5.74, 6) is 0. The van der Waals surface area contributed by atoms with Gasteiger partial charge in [0, 0.05) is 18.8 Å². The van der Waals surface area contributed by atoms with Gasteiger partial charge in [-0.15, -0.1) is 0 Å². The quantitative estimate of drug-likeness (QED) is 0.802. The van der Waals surface area contributed by atoms with Gasteiger partial charge in [-0.05, 0) is 25.5 Å². The number of aromatic nitrogens is 1. The average molecular weight is 212 g/mol. The highest BCUT2D eigenvalue weighted by Crippen LogP contribution is 2.19. The van der Waals surface area contributed by atoms with E-state index in [0.717, 1.165) is 23.8 Å². The lowest BCUT2D eigenvalue weighted by molar-refractivity contribution is 0.633. The fourth-order valence-electron chi connectivity index (χ4n) is 1.67. The van der Waals surface area contributed by atoms with Gasteiger partial charge in [0.25, 0.3) is 0 Å². The summed E-state index contributed by atoms with van der Waals surface area (Å²) in [6.07, 6.45) is 5.97. The first-order chi connectivity index (χ1) is 6.86. The molecule has 1 aromatic heterocycles. The van der Waals surface area contributed by atoms with Crippen LogP contribution in [-0.4, -0.2) is 24.1 Å². The summed E-state index contributed by atoms with van der Waals surface area (Å²) in [6, 6.07) is 2.37. The second kappa shape index (κ2) is 4.62. The van der Waals surface area contributed by atoms with Gasteiger partial charge in [-0.2, -0.15) is 0 Å². The lowest BCUT2D eigenvalue weighted by Gasteiger charge is -2.12. The van der Waals surface area contributed by atoms with Gasteiger partial charge in [0.2, 0.25) is 0 Å². The second-order valence-corrected chi connectivity index (χ2v) is 3.94. The van der Waals surface area contributed by atoms with Crippen molar-refractivity contribution in [2.45, 2.75) is 18.9 Å². The van der Waals surface area contributed by atoms with Crippen molar-refractivity contribution in [3.63, 3.8) is 0 Å². The number of hydrogen-bond acceptors (Lipinski definition) is 3. The first-order valence-corrected chi connectivity index (χ1v) is 5.31. The van der Waals surface area contributed by atoms with E-state index < -0.39 is 0 Å². The van der Waals surface area contributed by atoms with E-state index in [1.165, 1.54) is 12.8 Å². The molecule has 2 N–H and O–H groups in total. The monoisotopic (exact) mass is 211 g/mol. The first kappa shape index (κ1) is 9.74. The molecule has 4 heteroatoms. The van der Waals surface area contributed by atoms with E-state index in [1.807, 2.05) is 0 Å². The molecule has 0 aliphatic carbocycles. The smallest absolute Gasteiger partial charge is 0.0716 e. The molecule has 2 heterocycles. The van der Waals surface area contributed by atoms with Crippen LogP contribution in [0.1, 0.15) is 12.8 Å². The van der Waals surface area contributed by atoms with Crippen LogP contribution in [0.5, 0.6) is 0 Å². The summed E-state index contributed by atoms with van der Waals surface area (Å²) >= 11 is 5.99. The van der Waals surface area contributed by atoms with Crippen molar-refractivity contribution >= 4 is 17.3 Å². The molecule has 1 aliphatic rings. The van der Waals surface area contributed by atoms with Crippen molar-refractivity contribution in [3.05, 3.63) is 23.5 Å². The predicted octanol–water partition coefficient (Wildman–Crippen LogP) is 1.90. The molecule has 1 aromatic rings. The van der Waals surface area contributed by atoms with Crippen LogP contribution in [0.25, 0.3) is 0 Å². The van der Waals surface area contributed by atoms with Crippen LogP contribution in [0.2, 0.25) is 5.02 Å². The number of halogens is 1. The van der Waals surface area contributed by atoms with Crippen molar-refractivity contribution in [2.75, 3.05) is 18.4 Å². The molecule has 0 spiro atoms. The molecular weight excluding hydrogens is 198 g/mol. The minimum absolute atomic E-state index is 0.575. The molecule has 0 aromatic carbocycles. The molecule has 3 nitrogen and oxygen atoms in total. The standard InChI is InChI=1S/C10H14ClN3/c11-9-3-5-12-7-10(9)14-6-8-2-1-4-13-8/h3,5,7-8,13-14H,1-2,4,6H2. The molecule has 0 radical (unpaired) electrons. The maximum atomic E-state index is 5.99. The number of hydrogen-bond donors (Lipinski definition) is 2. The van der Waals surface area contributed by atoms with Crippen molar-refractivity contribution < 1.29 is 0 Å². The van der Waals surface area contributed by atoms with Gasteiger partial charge in [0.15, 0.2) is 0 Å². The van der Waals surface area contributed by atoms with Crippen LogP contribution in [0.4, 0.5) is 5.69 Å². The van der Waals surface area contributed by atoms with E-state index in [9.17, 15) is 0 Å². The lowest BCUT2D eigenvalue weighted by Crippen LogP contribution is -2.29. The van der Waals surface area contributed by atoms with Crippen LogP contribution in [0.3, 0.4) is 0 Å². The molecule has 2 rings (SSSR count). The van der Waals surface area contributed by atoms with Crippen LogP contribution < -0.4 is 10.6 Å². The van der Waals surface area contributed by atoms with E-state index in [2.05, 4.69) is 15.6 Å². The molecule has 1 atom stereocenters. The summed E-state index contributed by atoms with van der Waals surface area (Å²) < 4.78 is 0. The Labute approximate surface area is 88.9 Å². The summed E-state index contributed by atoms with van der Waals surface area (Å²) in [4.78, 5) is 4.02. The maximum Gasteiger partial charge on any atom is 0.0716 e. The fourth-order valence-corrected chi connectivity index (χ4v) is 1.84. The topological polar surface area (TPSA) is 37.0 Å². The van der Waals surface area contributed by atoms with E-state index in [1.54, 1.807) is 18.5 Å². The van der Waals surface area contributed by atoms with Gasteiger partial charge in [0.1, 0.15) is 0 Å². The van der Waals surface area contributed by atoms with Crippen LogP contribution in [-0.2, 0) is 0 Å². The zero-order valence-electron chi connectivity index (χ0n) is 7.96. The third-order valence-corrected chi connectivity index (χ3v) is 2.80. The Bertz CT molecular complexity index is 297. The van der Waals surface area contributed by atoms with E-state index in [4.69, 9.17) is 11.6 Å². The molecule has 1 unspecified atom stereocenters. The second-order valence-electron chi connectivity index (χ2n) is 3.53. The average Bonchev–Trinajstić information content (AvgIpc) is 2.69. The summed E-state index contributed by atoms with van der Waals surface area (Å²) in [7, 11) is 0. The van der Waals surface area contributed by atoms with Crippen molar-refractivity contribution in [1.82, 2.24) is 10.3 Å². The molecule has 1 fully saturated rings. The van der Waals surface area contributed by atoms with Crippen molar-refractivity contribution in [1.29, 1.82) is 0 Å². The molecular formula is C10H14ClN3. The van der Waals surface area contributed by atoms with E-state index in [-0.39, 0.29) is 0 Å². The normalized spacial score (nSPS) is 21.1. The molecule has 1 saturated heterocycles. The highest BCUT2D eigenvalue weighted by Gasteiger charge is 2.13. The summed E-state index contributed by atoms with van der Waals surface area (Å²) in [5.41, 5.74) is 0.919. The first-order valence-electron chi connectivity index (χ1n) is 4.93. The number of anilines is 1. The molecule has 76 valence electrons. The van der Waals surface area contributed by atoms with Gasteiger partial charge in [-0.3, -0.25) is 4.98 Å². The van der Waals surface area contributed by atoms with Gasteiger partial charge < -0.3 is 10.6 Å². The fraction of sp³-hybridized carbons (Fsp3) is 0.500. The van der Waals surface area contributed by atoms with E-state index in [0.29, 0.717) is 6.04 Å². The Hall–Kier alpha value is -0.800. The highest BCUT2D eigenvalue weighted by atomic mass is 35.5. The number of nitrogens with zero attached hydrogens (tertiary/aromatic N) is 1. The van der Waals surface area contributed by atoms with Crippen LogP contribution >= 0.6 is 11.6 Å². The highest BCUT2D eigenvalue weighted by molar-refractivity contribution is 6.33. The molecule has 1 aliphatic heterocycles. The van der Waals surface area contributed by atoms with Crippen molar-refractivity contribution in [3.8, 4) is 0 Å². The van der Waals surface area contributed by atoms with Crippen molar-refractivity contribution in [2.24, 2.45) is 0 Å². The zero-order chi connectivity index (χ0) is 9.80. The van der Waals surface area contributed by atoms with Crippen LogP contribution in [0, 0.1) is 0 Å². The predicted molar refractivity (Wildman–Crippen MR) is 58.8 cm³/mol. The minimum Gasteiger partial charge on any atom is -0.381 e. The Morgan fingerprint density at radius 2 is 2.57 bits per heavy atom. The van der Waals surface area contributed by atoms with Gasteiger partial charge >= 0.3 is 0 Å². The lowest BCUT2D eigenvalue weighted by atomic mass is 10.2. The Kier molecular flexibility index (Phi) is 3.22. The largest absolute Gasteiger partial charge is 0.381 e. The molecule has 0 amide bonds. The van der Waals surface area contributed by atoms with E-state index >= 15 is 0 Å². The van der Waals surface area contributed by atoms with Gasteiger partial charge in [-0.25, -0.2) is 0 Å². The van der Waals surface area contributed by atoms with Gasteiger partial charge in [-0.1, -0.05) is 11.6 Å². The number of rotatable bonds is 3. The number of pyridine rings is 1. The Morgan fingerprint density at radius 1 is 1.64 bits per heavy atom. The number of nitrogens with one attached hydrogen (secondary N) is 2. The Morgan fingerprint density at radius 3 is 3.29 bits per heavy atom. The molecule has 0 saturated carbocycles. The zero-order valence-corrected chi connectivity index (χ0v) is 8.72. The van der Waals surface area contributed by atoms with Crippen LogP contribution in [0.15, 0.2) is 18.5 Å². The molecule has 14 heavy (non-hydrogen) atoms. The summed E-state index contributed by atoms with van der Waals surface area (Å²) in [6.45, 7) is 2.05. The summed E-state index contributed by atoms with van der Waals surface area (Å²) in [5, 5.41) is 7.45. The van der Waals surface area contributed by atoms with Gasteiger partial charge in [0.05, 0.1) is 16.9 Å².